The fourth-order valence-electron chi connectivity index (χ4n) is 6.73. The topological polar surface area (TPSA) is 77.1 Å². The highest BCUT2D eigenvalue weighted by Crippen LogP contribution is 2.54. The van der Waals surface area contributed by atoms with E-state index >= 15 is 0 Å². The summed E-state index contributed by atoms with van der Waals surface area (Å²) < 4.78 is 31.4. The van der Waals surface area contributed by atoms with Crippen LogP contribution in [0.15, 0.2) is 60.4 Å². The highest BCUT2D eigenvalue weighted by molar-refractivity contribution is 5.84. The molecule has 0 radical (unpaired) electrons. The molecule has 0 aliphatic carbocycles. The van der Waals surface area contributed by atoms with Gasteiger partial charge >= 0.3 is 5.97 Å². The fraction of sp³-hybridized carbons (Fsp3) is 0.515. The number of carbonyl (C=O) groups is 2. The fourth-order valence-corrected chi connectivity index (χ4v) is 6.73. The first-order valence-electron chi connectivity index (χ1n) is 14.4. The summed E-state index contributed by atoms with van der Waals surface area (Å²) in [5, 5.41) is 3.16. The Kier molecular flexibility index (Phi) is 9.24. The van der Waals surface area contributed by atoms with Crippen LogP contribution in [0.4, 0.5) is 4.39 Å². The molecule has 7 nitrogen and oxygen atoms in total. The van der Waals surface area contributed by atoms with E-state index in [0.29, 0.717) is 19.3 Å². The lowest BCUT2D eigenvalue weighted by molar-refractivity contribution is -0.301. The summed E-state index contributed by atoms with van der Waals surface area (Å²) in [4.78, 5) is 26.9. The van der Waals surface area contributed by atoms with Gasteiger partial charge in [-0.15, -0.1) is 0 Å². The number of esters is 1. The van der Waals surface area contributed by atoms with Crippen molar-refractivity contribution in [2.45, 2.75) is 103 Å². The standard InChI is InChI=1S/C33H43FN2O5/c1-21(2)36-31(35-22(3)37)29(23-11-9-8-10-12-23)30(24-13-15-25(34)16-14-24)33(36,6)18-17-26-19-27(20-28(38)39-7)41-32(4,5)40-26/h8-16,21,26-27,30H,17-20H2,1-7H3,(H,35,37). The molecular formula is C33H43FN2O5. The molecule has 2 heterocycles. The Morgan fingerprint density at radius 3 is 2.27 bits per heavy atom. The minimum atomic E-state index is -0.846. The van der Waals surface area contributed by atoms with Crippen molar-refractivity contribution in [3.8, 4) is 0 Å². The van der Waals surface area contributed by atoms with Gasteiger partial charge < -0.3 is 24.4 Å². The van der Waals surface area contributed by atoms with Crippen molar-refractivity contribution in [1.82, 2.24) is 10.2 Å². The van der Waals surface area contributed by atoms with E-state index < -0.39 is 11.3 Å². The molecule has 4 atom stereocenters. The maximum Gasteiger partial charge on any atom is 0.308 e. The van der Waals surface area contributed by atoms with Crippen molar-refractivity contribution >= 4 is 17.4 Å². The largest absolute Gasteiger partial charge is 0.469 e. The van der Waals surface area contributed by atoms with Crippen LogP contribution in [0.5, 0.6) is 0 Å². The molecule has 2 aliphatic rings. The molecule has 2 aliphatic heterocycles. The second-order valence-electron chi connectivity index (χ2n) is 12.0. The van der Waals surface area contributed by atoms with E-state index in [0.717, 1.165) is 22.5 Å². The van der Waals surface area contributed by atoms with Gasteiger partial charge in [0.15, 0.2) is 5.79 Å². The van der Waals surface area contributed by atoms with E-state index in [1.165, 1.54) is 26.2 Å². The van der Waals surface area contributed by atoms with Crippen LogP contribution in [0.25, 0.3) is 5.57 Å². The monoisotopic (exact) mass is 566 g/mol. The molecule has 0 aromatic heterocycles. The predicted octanol–water partition coefficient (Wildman–Crippen LogP) is 6.15. The van der Waals surface area contributed by atoms with Crippen LogP contribution in [0.3, 0.4) is 0 Å². The zero-order valence-corrected chi connectivity index (χ0v) is 25.2. The number of carbonyl (C=O) groups excluding carboxylic acids is 2. The van der Waals surface area contributed by atoms with Gasteiger partial charge in [-0.05, 0) is 70.7 Å². The lowest BCUT2D eigenvalue weighted by atomic mass is 9.73. The van der Waals surface area contributed by atoms with Crippen molar-refractivity contribution < 1.29 is 28.2 Å². The van der Waals surface area contributed by atoms with Crippen molar-refractivity contribution in [1.29, 1.82) is 0 Å². The summed E-state index contributed by atoms with van der Waals surface area (Å²) in [6.07, 6.45) is 1.66. The zero-order chi connectivity index (χ0) is 29.9. The van der Waals surface area contributed by atoms with Crippen LogP contribution >= 0.6 is 0 Å². The number of rotatable bonds is 9. The molecule has 4 unspecified atom stereocenters. The number of methoxy groups -OCH3 is 1. The molecule has 0 saturated carbocycles. The number of nitrogens with one attached hydrogen (secondary N) is 1. The van der Waals surface area contributed by atoms with E-state index in [2.05, 4.69) is 43.1 Å². The number of hydrogen-bond donors (Lipinski definition) is 1. The molecule has 8 heteroatoms. The average molecular weight is 567 g/mol. The first kappa shape index (κ1) is 30.7. The minimum absolute atomic E-state index is 0.0464. The summed E-state index contributed by atoms with van der Waals surface area (Å²) in [5.41, 5.74) is 2.47. The van der Waals surface area contributed by atoms with E-state index in [4.69, 9.17) is 14.2 Å². The molecule has 222 valence electrons. The third kappa shape index (κ3) is 6.81. The van der Waals surface area contributed by atoms with Gasteiger partial charge in [0, 0.05) is 30.9 Å². The highest BCUT2D eigenvalue weighted by atomic mass is 19.1. The highest BCUT2D eigenvalue weighted by Gasteiger charge is 2.52. The molecule has 41 heavy (non-hydrogen) atoms. The number of benzene rings is 2. The third-order valence-electron chi connectivity index (χ3n) is 8.08. The molecule has 0 spiro atoms. The summed E-state index contributed by atoms with van der Waals surface area (Å²) in [7, 11) is 1.38. The molecule has 1 saturated heterocycles. The van der Waals surface area contributed by atoms with Crippen LogP contribution in [-0.2, 0) is 23.8 Å². The van der Waals surface area contributed by atoms with Gasteiger partial charge in [0.1, 0.15) is 11.6 Å². The van der Waals surface area contributed by atoms with Crippen LogP contribution in [-0.4, -0.2) is 53.5 Å². The minimum Gasteiger partial charge on any atom is -0.469 e. The second kappa shape index (κ2) is 12.3. The quantitative estimate of drug-likeness (QED) is 0.367. The Balaban J connectivity index is 1.77. The lowest BCUT2D eigenvalue weighted by Gasteiger charge is -2.47. The van der Waals surface area contributed by atoms with Crippen molar-refractivity contribution in [2.75, 3.05) is 7.11 Å². The van der Waals surface area contributed by atoms with Crippen LogP contribution in [0.2, 0.25) is 0 Å². The summed E-state index contributed by atoms with van der Waals surface area (Å²) in [6, 6.07) is 16.8. The first-order chi connectivity index (χ1) is 19.3. The smallest absolute Gasteiger partial charge is 0.308 e. The SMILES string of the molecule is COC(=O)CC1CC(CCC2(C)C(c3ccc(F)cc3)C(c3ccccc3)=C(NC(C)=O)N2C(C)C)OC(C)(C)O1. The van der Waals surface area contributed by atoms with Crippen molar-refractivity contribution in [3.05, 3.63) is 77.4 Å². The van der Waals surface area contributed by atoms with E-state index in [1.54, 1.807) is 0 Å². The molecule has 1 N–H and O–H groups in total. The van der Waals surface area contributed by atoms with Crippen LogP contribution in [0.1, 0.15) is 84.3 Å². The maximum absolute atomic E-state index is 14.1. The Morgan fingerprint density at radius 1 is 1.05 bits per heavy atom. The van der Waals surface area contributed by atoms with Crippen LogP contribution in [0, 0.1) is 5.82 Å². The van der Waals surface area contributed by atoms with Crippen LogP contribution < -0.4 is 5.32 Å². The summed E-state index contributed by atoms with van der Waals surface area (Å²) in [5.74, 6) is -1.01. The Morgan fingerprint density at radius 2 is 1.68 bits per heavy atom. The Hall–Kier alpha value is -3.23. The molecule has 1 amide bonds. The van der Waals surface area contributed by atoms with Gasteiger partial charge in [0.05, 0.1) is 31.3 Å². The van der Waals surface area contributed by atoms with Crippen molar-refractivity contribution in [3.63, 3.8) is 0 Å². The summed E-state index contributed by atoms with van der Waals surface area (Å²) >= 11 is 0. The van der Waals surface area contributed by atoms with E-state index in [1.807, 2.05) is 44.2 Å². The van der Waals surface area contributed by atoms with Gasteiger partial charge in [-0.25, -0.2) is 4.39 Å². The molecule has 2 aromatic rings. The average Bonchev–Trinajstić information content (AvgIpc) is 3.15. The number of nitrogens with zero attached hydrogens (tertiary/aromatic N) is 1. The lowest BCUT2D eigenvalue weighted by Crippen LogP contribution is -2.52. The van der Waals surface area contributed by atoms with E-state index in [-0.39, 0.29) is 48.3 Å². The molecular weight excluding hydrogens is 523 g/mol. The Bertz CT molecular complexity index is 1260. The molecule has 2 aromatic carbocycles. The number of halogens is 1. The first-order valence-corrected chi connectivity index (χ1v) is 14.4. The molecule has 1 fully saturated rings. The number of hydrogen-bond acceptors (Lipinski definition) is 6. The van der Waals surface area contributed by atoms with Gasteiger partial charge in [0.25, 0.3) is 0 Å². The molecule has 4 rings (SSSR count). The zero-order valence-electron chi connectivity index (χ0n) is 25.2. The van der Waals surface area contributed by atoms with E-state index in [9.17, 15) is 14.0 Å². The Labute approximate surface area is 243 Å². The molecule has 0 bridgehead atoms. The normalized spacial score (nSPS) is 25.9. The van der Waals surface area contributed by atoms with Gasteiger partial charge in [-0.2, -0.15) is 0 Å². The second-order valence-corrected chi connectivity index (χ2v) is 12.0. The maximum atomic E-state index is 14.1. The predicted molar refractivity (Wildman–Crippen MR) is 156 cm³/mol. The third-order valence-corrected chi connectivity index (χ3v) is 8.08. The van der Waals surface area contributed by atoms with Gasteiger partial charge in [0.2, 0.25) is 5.91 Å². The van der Waals surface area contributed by atoms with Gasteiger partial charge in [-0.3, -0.25) is 9.59 Å². The summed E-state index contributed by atoms with van der Waals surface area (Å²) in [6.45, 7) is 11.7. The van der Waals surface area contributed by atoms with Gasteiger partial charge in [-0.1, -0.05) is 42.5 Å². The number of ether oxygens (including phenoxy) is 3. The number of amides is 1. The van der Waals surface area contributed by atoms with Crippen molar-refractivity contribution in [2.24, 2.45) is 0 Å².